The summed E-state index contributed by atoms with van der Waals surface area (Å²) in [4.78, 5) is 0. The number of rotatable bonds is 24. The van der Waals surface area contributed by atoms with Gasteiger partial charge in [-0.2, -0.15) is 0 Å². The van der Waals surface area contributed by atoms with Crippen molar-refractivity contribution in [2.45, 2.75) is 0 Å². The molecule has 0 aliphatic carbocycles. The van der Waals surface area contributed by atoms with Crippen LogP contribution >= 0.6 is 255 Å². The first kappa shape index (κ1) is 113. The Morgan fingerprint density at radius 2 is 0.235 bits per heavy atom. The molecule has 0 bridgehead atoms. The minimum atomic E-state index is -3.95. The molecule has 16 rings (SSSR count). The Balaban J connectivity index is 0.000000170. The van der Waals surface area contributed by atoms with E-state index in [1.54, 1.807) is 146 Å². The quantitative estimate of drug-likeness (QED) is 0.0319. The van der Waals surface area contributed by atoms with Gasteiger partial charge >= 0.3 is 913 Å². The summed E-state index contributed by atoms with van der Waals surface area (Å²) in [5.74, 6) is 0. The molecule has 0 spiro atoms. The molecular weight excluding hydrogens is 3210 g/mol. The molecule has 12 nitrogen and oxygen atoms in total. The molecule has 0 unspecified atom stereocenters. The molecular formula is C96H72Cl8F4I8O12Sb4. The molecule has 0 saturated carbocycles. The molecule has 0 aliphatic rings. The maximum absolute atomic E-state index is 14.1. The molecule has 132 heavy (non-hydrogen) atoms. The first-order valence-corrected chi connectivity index (χ1v) is 77.3. The van der Waals surface area contributed by atoms with Crippen LogP contribution in [0.15, 0.2) is 437 Å². The second-order valence-electron chi connectivity index (χ2n) is 25.0. The van der Waals surface area contributed by atoms with Gasteiger partial charge in [0.25, 0.3) is 0 Å². The van der Waals surface area contributed by atoms with Crippen LogP contribution in [0.2, 0.25) is 40.2 Å². The molecule has 688 valence electrons. The average Bonchev–Trinajstić information content (AvgIpc) is 0.859. The molecule has 0 saturated heterocycles. The predicted molar refractivity (Wildman–Crippen MR) is 592 cm³/mol. The Morgan fingerprint density at radius 3 is 0.348 bits per heavy atom. The summed E-state index contributed by atoms with van der Waals surface area (Å²) >= 11 is 10.5. The van der Waals surface area contributed by atoms with Gasteiger partial charge in [-0.3, -0.25) is 0 Å². The average molecular weight is 3280 g/mol. The van der Waals surface area contributed by atoms with Gasteiger partial charge in [-0.05, 0) is 0 Å². The second-order valence-corrected chi connectivity index (χ2v) is 76.7. The van der Waals surface area contributed by atoms with Crippen LogP contribution in [0.1, 0.15) is 0 Å². The van der Waals surface area contributed by atoms with Crippen LogP contribution in [-0.2, 0) is 29.5 Å². The van der Waals surface area contributed by atoms with Crippen LogP contribution in [0, 0.1) is 57.1 Å². The van der Waals surface area contributed by atoms with Crippen molar-refractivity contribution in [3.05, 3.63) is 534 Å². The van der Waals surface area contributed by atoms with E-state index in [0.717, 1.165) is 57.1 Å². The SMILES string of the molecule is FI(c1ccccc1)c1ccc(Cl)cc1.FI(c1ccccc1)c1ccc(Cl)cc1.FI(c1ccccc1)c1ccc(Cl)cc1.FI(c1ccccc1)c1ccc(Cl)cc1.[O]=[Sb](=[O])[O]I(c1ccccc1)c1ccc(Cl)cc1.[O]=[Sb](=[O])[O]I(c1ccccc1)c1ccc(Cl)cc1.[O]=[Sb](=[O])[O]I(c1ccccc1)c1ccc(Cl)cc1.[O]=[Sb](=[O])[O]I(c1ccccc1)c1ccc(Cl)cc1. The van der Waals surface area contributed by atoms with Crippen LogP contribution in [0.4, 0.5) is 11.4 Å². The van der Waals surface area contributed by atoms with E-state index >= 15 is 0 Å². The second kappa shape index (κ2) is 62.9. The molecule has 16 aromatic carbocycles. The molecule has 0 aliphatic heterocycles. The summed E-state index contributed by atoms with van der Waals surface area (Å²) in [6.45, 7) is 0. The monoisotopic (exact) mass is 3270 g/mol. The fourth-order valence-electron chi connectivity index (χ4n) is 10.1. The fraction of sp³-hybridized carbons (Fsp3) is 0. The van der Waals surface area contributed by atoms with E-state index in [1.807, 2.05) is 291 Å². The van der Waals surface area contributed by atoms with Crippen molar-refractivity contribution in [3.63, 3.8) is 0 Å². The Morgan fingerprint density at radius 1 is 0.144 bits per heavy atom. The maximum atomic E-state index is 14.1. The van der Waals surface area contributed by atoms with Crippen LogP contribution in [0.25, 0.3) is 0 Å². The molecule has 0 radical (unpaired) electrons. The minimum absolute atomic E-state index is 0.629. The first-order chi connectivity index (χ1) is 63.7. The van der Waals surface area contributed by atoms with Crippen LogP contribution < -0.4 is 0 Å². The summed E-state index contributed by atoms with van der Waals surface area (Å²) in [5, 5.41) is 5.11. The van der Waals surface area contributed by atoms with Gasteiger partial charge in [-0.25, -0.2) is 0 Å². The normalized spacial score (nSPS) is 11.1. The fourth-order valence-corrected chi connectivity index (χ4v) is 57.3. The van der Waals surface area contributed by atoms with Crippen molar-refractivity contribution in [3.8, 4) is 0 Å². The Bertz CT molecular complexity index is 5590. The topological polar surface area (TPSA) is 173 Å². The van der Waals surface area contributed by atoms with Gasteiger partial charge in [-0.1, -0.05) is 0 Å². The van der Waals surface area contributed by atoms with Crippen LogP contribution in [0.5, 0.6) is 0 Å². The zero-order valence-electron chi connectivity index (χ0n) is 67.8. The Kier molecular flexibility index (Phi) is 53.7. The number of hydrogen-bond donors (Lipinski definition) is 0. The summed E-state index contributed by atoms with van der Waals surface area (Å²) in [6.07, 6.45) is 0. The predicted octanol–water partition coefficient (Wildman–Crippen LogP) is 33.7. The van der Waals surface area contributed by atoms with Crippen molar-refractivity contribution in [2.75, 3.05) is 0 Å². The van der Waals surface area contributed by atoms with Crippen molar-refractivity contribution in [1.82, 2.24) is 0 Å². The van der Waals surface area contributed by atoms with Crippen molar-refractivity contribution in [1.29, 1.82) is 0 Å². The zero-order chi connectivity index (χ0) is 94.5. The molecule has 0 fully saturated rings. The summed E-state index contributed by atoms with van der Waals surface area (Å²) in [7, 11) is 0. The third-order valence-electron chi connectivity index (χ3n) is 15.9. The Labute approximate surface area is 897 Å². The molecule has 0 heterocycles. The first-order valence-electron chi connectivity index (χ1n) is 37.8. The molecule has 16 aromatic rings. The molecule has 0 amide bonds. The van der Waals surface area contributed by atoms with Gasteiger partial charge in [0.2, 0.25) is 0 Å². The van der Waals surface area contributed by atoms with Gasteiger partial charge in [-0.15, -0.1) is 0 Å². The van der Waals surface area contributed by atoms with Gasteiger partial charge in [0, 0.05) is 0 Å². The standard InChI is InChI=1S/4C12H9ClFI.4C12H9ClIO.8O.4Sb/c4*13-10-6-8-12(9-7-10)15(14)11-4-2-1-3-5-11;4*13-10-6-8-12(9-7-10)14(15)11-4-2-1-3-5-11;;;;;;;;;;;;/h8*1-9H;;;;;;;;;;;;/q;;;;4*-1;;;;;;;;;4*+1. The van der Waals surface area contributed by atoms with Gasteiger partial charge in [0.1, 0.15) is 0 Å². The summed E-state index contributed by atoms with van der Waals surface area (Å²) < 4.78 is 179. The third kappa shape index (κ3) is 41.2. The number of benzene rings is 16. The number of halogens is 20. The van der Waals surface area contributed by atoms with Crippen molar-refractivity contribution < 1.29 is 41.0 Å². The van der Waals surface area contributed by atoms with E-state index in [-0.39, 0.29) is 0 Å². The van der Waals surface area contributed by atoms with Gasteiger partial charge in [0.15, 0.2) is 0 Å². The molecule has 0 atom stereocenters. The summed E-state index contributed by atoms with van der Waals surface area (Å²) in [6, 6.07) is 132. The molecule has 36 heteroatoms. The van der Waals surface area contributed by atoms with E-state index < -0.39 is 245 Å². The molecule has 0 aromatic heterocycles. The van der Waals surface area contributed by atoms with Crippen molar-refractivity contribution >= 4 is 338 Å². The van der Waals surface area contributed by atoms with E-state index in [4.69, 9.17) is 98.2 Å². The van der Waals surface area contributed by atoms with Gasteiger partial charge < -0.3 is 0 Å². The third-order valence-corrected chi connectivity index (χ3v) is 69.3. The van der Waals surface area contributed by atoms with E-state index in [0.29, 0.717) is 40.2 Å². The van der Waals surface area contributed by atoms with E-state index in [2.05, 4.69) is 0 Å². The van der Waals surface area contributed by atoms with E-state index in [9.17, 15) is 35.6 Å². The zero-order valence-corrected chi connectivity index (χ0v) is 101. The van der Waals surface area contributed by atoms with Crippen LogP contribution in [0.3, 0.4) is 0 Å². The number of hydrogen-bond acceptors (Lipinski definition) is 12. The van der Waals surface area contributed by atoms with Gasteiger partial charge in [0.05, 0.1) is 0 Å². The van der Waals surface area contributed by atoms with Crippen molar-refractivity contribution in [2.24, 2.45) is 0 Å². The molecule has 0 N–H and O–H groups in total. The van der Waals surface area contributed by atoms with E-state index in [1.165, 1.54) is 0 Å². The van der Waals surface area contributed by atoms with Crippen LogP contribution in [-0.4, -0.2) is 82.4 Å². The Hall–Kier alpha value is -3.09. The summed E-state index contributed by atoms with van der Waals surface area (Å²) in [5.41, 5.74) is 0.